The van der Waals surface area contributed by atoms with Gasteiger partial charge in [-0.15, -0.1) is 0 Å². The van der Waals surface area contributed by atoms with E-state index in [1.165, 1.54) is 30.8 Å². The molecule has 0 aromatic heterocycles. The van der Waals surface area contributed by atoms with Crippen molar-refractivity contribution in [1.29, 1.82) is 0 Å². The standard InChI is InChI=1S/C13H29NS/c1-6-8-9-10-15-11-12(14-7-2)13(3,4)5/h12,14H,6-11H2,1-5H3. The maximum Gasteiger partial charge on any atom is 0.0206 e. The molecule has 0 rings (SSSR count). The van der Waals surface area contributed by atoms with Crippen molar-refractivity contribution in [3.8, 4) is 0 Å². The lowest BCUT2D eigenvalue weighted by Gasteiger charge is -2.31. The summed E-state index contributed by atoms with van der Waals surface area (Å²) in [5.41, 5.74) is 0.383. The molecule has 0 saturated carbocycles. The van der Waals surface area contributed by atoms with Gasteiger partial charge in [0.2, 0.25) is 0 Å². The molecule has 0 spiro atoms. The van der Waals surface area contributed by atoms with Gasteiger partial charge in [-0.2, -0.15) is 11.8 Å². The second-order valence-electron chi connectivity index (χ2n) is 5.26. The summed E-state index contributed by atoms with van der Waals surface area (Å²) in [5.74, 6) is 2.58. The molecule has 0 aliphatic rings. The normalized spacial score (nSPS) is 14.2. The lowest BCUT2D eigenvalue weighted by Crippen LogP contribution is -2.42. The summed E-state index contributed by atoms with van der Waals surface area (Å²) in [5, 5.41) is 3.59. The first-order valence-corrected chi connectivity index (χ1v) is 7.49. The maximum absolute atomic E-state index is 3.59. The molecule has 2 heteroatoms. The molecule has 0 aromatic rings. The Bertz CT molecular complexity index is 140. The lowest BCUT2D eigenvalue weighted by atomic mass is 9.88. The Morgan fingerprint density at radius 2 is 1.80 bits per heavy atom. The molecule has 0 aliphatic carbocycles. The summed E-state index contributed by atoms with van der Waals surface area (Å²) in [6.07, 6.45) is 4.09. The van der Waals surface area contributed by atoms with Crippen LogP contribution < -0.4 is 5.32 Å². The first-order chi connectivity index (χ1) is 7.02. The molecule has 0 radical (unpaired) electrons. The predicted octanol–water partition coefficient (Wildman–Crippen LogP) is 3.93. The van der Waals surface area contributed by atoms with Crippen LogP contribution in [0.3, 0.4) is 0 Å². The molecule has 0 aromatic carbocycles. The Balaban J connectivity index is 3.67. The monoisotopic (exact) mass is 231 g/mol. The van der Waals surface area contributed by atoms with E-state index >= 15 is 0 Å². The fourth-order valence-corrected chi connectivity index (χ4v) is 2.95. The SMILES string of the molecule is CCCCCSCC(NCC)C(C)(C)C. The zero-order valence-electron chi connectivity index (χ0n) is 11.2. The second kappa shape index (κ2) is 8.46. The van der Waals surface area contributed by atoms with Gasteiger partial charge in [0.25, 0.3) is 0 Å². The van der Waals surface area contributed by atoms with Crippen molar-refractivity contribution in [2.45, 2.75) is 59.9 Å². The Labute approximate surface area is 101 Å². The van der Waals surface area contributed by atoms with E-state index in [0.29, 0.717) is 11.5 Å². The highest BCUT2D eigenvalue weighted by molar-refractivity contribution is 7.99. The van der Waals surface area contributed by atoms with E-state index in [0.717, 1.165) is 6.54 Å². The summed E-state index contributed by atoms with van der Waals surface area (Å²) < 4.78 is 0. The van der Waals surface area contributed by atoms with Crippen molar-refractivity contribution in [1.82, 2.24) is 5.32 Å². The zero-order chi connectivity index (χ0) is 11.7. The molecule has 1 N–H and O–H groups in total. The highest BCUT2D eigenvalue weighted by Crippen LogP contribution is 2.23. The summed E-state index contributed by atoms with van der Waals surface area (Å²) in [6, 6.07) is 0.647. The minimum atomic E-state index is 0.383. The largest absolute Gasteiger partial charge is 0.313 e. The van der Waals surface area contributed by atoms with Gasteiger partial charge in [-0.25, -0.2) is 0 Å². The van der Waals surface area contributed by atoms with E-state index in [1.807, 2.05) is 0 Å². The molecule has 1 unspecified atom stereocenters. The van der Waals surface area contributed by atoms with Gasteiger partial charge >= 0.3 is 0 Å². The molecule has 1 nitrogen and oxygen atoms in total. The van der Waals surface area contributed by atoms with Gasteiger partial charge in [0, 0.05) is 11.8 Å². The number of rotatable bonds is 8. The molecule has 0 heterocycles. The summed E-state index contributed by atoms with van der Waals surface area (Å²) in [7, 11) is 0. The van der Waals surface area contributed by atoms with Gasteiger partial charge in [-0.3, -0.25) is 0 Å². The molecule has 1 atom stereocenters. The smallest absolute Gasteiger partial charge is 0.0206 e. The summed E-state index contributed by atoms with van der Waals surface area (Å²) in [4.78, 5) is 0. The van der Waals surface area contributed by atoms with Crippen molar-refractivity contribution in [3.63, 3.8) is 0 Å². The van der Waals surface area contributed by atoms with Gasteiger partial charge in [0.05, 0.1) is 0 Å². The molecule has 15 heavy (non-hydrogen) atoms. The topological polar surface area (TPSA) is 12.0 Å². The van der Waals surface area contributed by atoms with Crippen LogP contribution in [0.4, 0.5) is 0 Å². The first-order valence-electron chi connectivity index (χ1n) is 6.33. The van der Waals surface area contributed by atoms with E-state index in [2.05, 4.69) is 51.7 Å². The van der Waals surface area contributed by atoms with Crippen LogP contribution in [0.25, 0.3) is 0 Å². The van der Waals surface area contributed by atoms with Crippen LogP contribution in [0.5, 0.6) is 0 Å². The van der Waals surface area contributed by atoms with Crippen LogP contribution in [0.2, 0.25) is 0 Å². The van der Waals surface area contributed by atoms with Gasteiger partial charge in [0.15, 0.2) is 0 Å². The average molecular weight is 231 g/mol. The molecule has 0 fully saturated rings. The van der Waals surface area contributed by atoms with E-state index in [9.17, 15) is 0 Å². The van der Waals surface area contributed by atoms with Crippen LogP contribution in [-0.2, 0) is 0 Å². The minimum Gasteiger partial charge on any atom is -0.313 e. The number of thioether (sulfide) groups is 1. The Hall–Kier alpha value is 0.310. The highest BCUT2D eigenvalue weighted by atomic mass is 32.2. The van der Waals surface area contributed by atoms with Crippen molar-refractivity contribution in [3.05, 3.63) is 0 Å². The third-order valence-corrected chi connectivity index (χ3v) is 3.82. The van der Waals surface area contributed by atoms with Crippen LogP contribution in [0.15, 0.2) is 0 Å². The Morgan fingerprint density at radius 1 is 1.13 bits per heavy atom. The minimum absolute atomic E-state index is 0.383. The van der Waals surface area contributed by atoms with Gasteiger partial charge in [-0.1, -0.05) is 47.5 Å². The molecule has 0 amide bonds. The molecule has 0 saturated heterocycles. The predicted molar refractivity (Wildman–Crippen MR) is 73.8 cm³/mol. The third-order valence-electron chi connectivity index (χ3n) is 2.67. The molecular weight excluding hydrogens is 202 g/mol. The Kier molecular flexibility index (Phi) is 8.64. The van der Waals surface area contributed by atoms with Gasteiger partial charge < -0.3 is 5.32 Å². The maximum atomic E-state index is 3.59. The highest BCUT2D eigenvalue weighted by Gasteiger charge is 2.22. The van der Waals surface area contributed by atoms with E-state index < -0.39 is 0 Å². The molecule has 0 bridgehead atoms. The fraction of sp³-hybridized carbons (Fsp3) is 1.00. The number of hydrogen-bond acceptors (Lipinski definition) is 2. The number of hydrogen-bond donors (Lipinski definition) is 1. The van der Waals surface area contributed by atoms with Crippen molar-refractivity contribution >= 4 is 11.8 Å². The summed E-state index contributed by atoms with van der Waals surface area (Å²) >= 11 is 2.11. The summed E-state index contributed by atoms with van der Waals surface area (Å²) in [6.45, 7) is 12.5. The van der Waals surface area contributed by atoms with Crippen LogP contribution in [0.1, 0.15) is 53.9 Å². The quantitative estimate of drug-likeness (QED) is 0.635. The lowest BCUT2D eigenvalue weighted by molar-refractivity contribution is 0.295. The zero-order valence-corrected chi connectivity index (χ0v) is 12.0. The first kappa shape index (κ1) is 15.3. The van der Waals surface area contributed by atoms with Crippen LogP contribution in [-0.4, -0.2) is 24.1 Å². The van der Waals surface area contributed by atoms with E-state index in [-0.39, 0.29) is 0 Å². The fourth-order valence-electron chi connectivity index (χ4n) is 1.52. The number of nitrogens with one attached hydrogen (secondary N) is 1. The third kappa shape index (κ3) is 8.15. The number of unbranched alkanes of at least 4 members (excludes halogenated alkanes) is 2. The van der Waals surface area contributed by atoms with Crippen molar-refractivity contribution < 1.29 is 0 Å². The van der Waals surface area contributed by atoms with Crippen molar-refractivity contribution in [2.75, 3.05) is 18.1 Å². The van der Waals surface area contributed by atoms with E-state index in [4.69, 9.17) is 0 Å². The molecular formula is C13H29NS. The average Bonchev–Trinajstić information content (AvgIpc) is 2.14. The van der Waals surface area contributed by atoms with Crippen LogP contribution >= 0.6 is 11.8 Å². The van der Waals surface area contributed by atoms with Crippen LogP contribution in [0, 0.1) is 5.41 Å². The second-order valence-corrected chi connectivity index (χ2v) is 6.41. The Morgan fingerprint density at radius 3 is 2.27 bits per heavy atom. The molecule has 92 valence electrons. The van der Waals surface area contributed by atoms with E-state index in [1.54, 1.807) is 0 Å². The molecule has 0 aliphatic heterocycles. The van der Waals surface area contributed by atoms with Gasteiger partial charge in [0.1, 0.15) is 0 Å². The van der Waals surface area contributed by atoms with Crippen molar-refractivity contribution in [2.24, 2.45) is 5.41 Å². The van der Waals surface area contributed by atoms with Gasteiger partial charge in [-0.05, 0) is 24.1 Å².